The summed E-state index contributed by atoms with van der Waals surface area (Å²) in [5, 5.41) is 0. The zero-order valence-corrected chi connectivity index (χ0v) is 34.3. The maximum absolute atomic E-state index is 12.6. The Bertz CT molecular complexity index is 835. The molecule has 0 amide bonds. The van der Waals surface area contributed by atoms with E-state index in [1.165, 1.54) is 128 Å². The Labute approximate surface area is 308 Å². The Balaban J connectivity index is 4.33. The standard InChI is InChI=1S/C40H80NO8P/c1-6-8-10-12-14-16-18-19-20-21-23-24-26-28-30-32-39(42)46-36-38(37-48-50(44,45)47-35-34-41(3,4)5)49-40(43)33-31-29-27-25-22-17-15-13-11-9-7-2/h38H,6-37H2,1-5H3. The Morgan fingerprint density at radius 3 is 1.28 bits per heavy atom. The van der Waals surface area contributed by atoms with Crippen molar-refractivity contribution in [3.8, 4) is 0 Å². The van der Waals surface area contributed by atoms with E-state index in [9.17, 15) is 19.0 Å². The van der Waals surface area contributed by atoms with Crippen molar-refractivity contribution in [3.63, 3.8) is 0 Å². The zero-order chi connectivity index (χ0) is 37.2. The van der Waals surface area contributed by atoms with Crippen LogP contribution in [0.25, 0.3) is 0 Å². The summed E-state index contributed by atoms with van der Waals surface area (Å²) in [6, 6.07) is 0. The van der Waals surface area contributed by atoms with Gasteiger partial charge >= 0.3 is 11.9 Å². The maximum Gasteiger partial charge on any atom is 0.306 e. The van der Waals surface area contributed by atoms with E-state index < -0.39 is 26.5 Å². The normalized spacial score (nSPS) is 13.6. The molecule has 0 rings (SSSR count). The number of esters is 2. The minimum Gasteiger partial charge on any atom is -0.756 e. The summed E-state index contributed by atoms with van der Waals surface area (Å²) < 4.78 is 33.8. The van der Waals surface area contributed by atoms with Crippen LogP contribution in [0.4, 0.5) is 0 Å². The van der Waals surface area contributed by atoms with Crippen LogP contribution in [0.3, 0.4) is 0 Å². The van der Waals surface area contributed by atoms with E-state index in [4.69, 9.17) is 18.5 Å². The molecule has 0 aliphatic carbocycles. The lowest BCUT2D eigenvalue weighted by Gasteiger charge is -2.28. The predicted octanol–water partition coefficient (Wildman–Crippen LogP) is 10.6. The first-order valence-corrected chi connectivity index (χ1v) is 22.2. The number of unbranched alkanes of at least 4 members (excludes halogenated alkanes) is 24. The van der Waals surface area contributed by atoms with Gasteiger partial charge in [0.15, 0.2) is 6.10 Å². The molecule has 0 aliphatic rings. The first kappa shape index (κ1) is 49.0. The van der Waals surface area contributed by atoms with Gasteiger partial charge in [0, 0.05) is 12.8 Å². The van der Waals surface area contributed by atoms with Crippen LogP contribution in [0, 0.1) is 0 Å². The summed E-state index contributed by atoms with van der Waals surface area (Å²) in [4.78, 5) is 37.4. The summed E-state index contributed by atoms with van der Waals surface area (Å²) in [6.07, 6.45) is 31.2. The van der Waals surface area contributed by atoms with Crippen molar-refractivity contribution in [2.24, 2.45) is 0 Å². The number of phosphoric acid groups is 1. The highest BCUT2D eigenvalue weighted by atomic mass is 31.2. The third-order valence-electron chi connectivity index (χ3n) is 9.13. The molecule has 9 nitrogen and oxygen atoms in total. The van der Waals surface area contributed by atoms with Gasteiger partial charge in [-0.25, -0.2) is 0 Å². The molecule has 0 bridgehead atoms. The second kappa shape index (κ2) is 33.8. The summed E-state index contributed by atoms with van der Waals surface area (Å²) >= 11 is 0. The molecule has 2 atom stereocenters. The predicted molar refractivity (Wildman–Crippen MR) is 204 cm³/mol. The van der Waals surface area contributed by atoms with E-state index in [1.54, 1.807) is 0 Å². The minimum absolute atomic E-state index is 0.0260. The molecule has 0 fully saturated rings. The average molecular weight is 734 g/mol. The third-order valence-corrected chi connectivity index (χ3v) is 10.1. The van der Waals surface area contributed by atoms with Gasteiger partial charge in [-0.3, -0.25) is 14.2 Å². The van der Waals surface area contributed by atoms with Crippen molar-refractivity contribution in [1.82, 2.24) is 0 Å². The van der Waals surface area contributed by atoms with Gasteiger partial charge in [0.05, 0.1) is 27.7 Å². The highest BCUT2D eigenvalue weighted by molar-refractivity contribution is 7.45. The third kappa shape index (κ3) is 36.8. The quantitative estimate of drug-likeness (QED) is 0.0267. The van der Waals surface area contributed by atoms with Crippen molar-refractivity contribution in [1.29, 1.82) is 0 Å². The average Bonchev–Trinajstić information content (AvgIpc) is 3.06. The molecule has 0 aromatic rings. The number of ether oxygens (including phenoxy) is 2. The molecule has 0 radical (unpaired) electrons. The number of likely N-dealkylation sites (N-methyl/N-ethyl adjacent to an activating group) is 1. The van der Waals surface area contributed by atoms with Crippen molar-refractivity contribution in [3.05, 3.63) is 0 Å². The smallest absolute Gasteiger partial charge is 0.306 e. The van der Waals surface area contributed by atoms with E-state index in [-0.39, 0.29) is 32.0 Å². The Hall–Kier alpha value is -0.990. The first-order chi connectivity index (χ1) is 24.0. The van der Waals surface area contributed by atoms with E-state index in [1.807, 2.05) is 21.1 Å². The van der Waals surface area contributed by atoms with Crippen molar-refractivity contribution in [2.75, 3.05) is 47.5 Å². The highest BCUT2D eigenvalue weighted by Crippen LogP contribution is 2.38. The maximum atomic E-state index is 12.6. The van der Waals surface area contributed by atoms with Crippen molar-refractivity contribution >= 4 is 19.8 Å². The fourth-order valence-corrected chi connectivity index (χ4v) is 6.56. The molecule has 0 spiro atoms. The van der Waals surface area contributed by atoms with Crippen LogP contribution in [0.1, 0.15) is 194 Å². The van der Waals surface area contributed by atoms with Crippen LogP contribution >= 0.6 is 7.82 Å². The summed E-state index contributed by atoms with van der Waals surface area (Å²) in [5.74, 6) is -0.824. The molecule has 0 aliphatic heterocycles. The first-order valence-electron chi connectivity index (χ1n) is 20.7. The fourth-order valence-electron chi connectivity index (χ4n) is 5.83. The topological polar surface area (TPSA) is 111 Å². The molecule has 0 aromatic carbocycles. The molecule has 298 valence electrons. The van der Waals surface area contributed by atoms with Crippen molar-refractivity contribution < 1.29 is 42.1 Å². The second-order valence-corrected chi connectivity index (χ2v) is 16.8. The molecule has 0 saturated carbocycles. The molecule has 0 aromatic heterocycles. The number of hydrogen-bond donors (Lipinski definition) is 0. The monoisotopic (exact) mass is 734 g/mol. The van der Waals surface area contributed by atoms with Crippen LogP contribution in [0.2, 0.25) is 0 Å². The van der Waals surface area contributed by atoms with E-state index in [2.05, 4.69) is 13.8 Å². The zero-order valence-electron chi connectivity index (χ0n) is 33.4. The Morgan fingerprint density at radius 2 is 0.900 bits per heavy atom. The van der Waals surface area contributed by atoms with E-state index in [0.717, 1.165) is 32.1 Å². The minimum atomic E-state index is -4.61. The highest BCUT2D eigenvalue weighted by Gasteiger charge is 2.21. The second-order valence-electron chi connectivity index (χ2n) is 15.4. The lowest BCUT2D eigenvalue weighted by Crippen LogP contribution is -2.37. The van der Waals surface area contributed by atoms with Crippen LogP contribution in [-0.4, -0.2) is 70.0 Å². The number of nitrogens with zero attached hydrogens (tertiary/aromatic N) is 1. The number of rotatable bonds is 38. The lowest BCUT2D eigenvalue weighted by molar-refractivity contribution is -0.870. The van der Waals surface area contributed by atoms with Gasteiger partial charge in [0.25, 0.3) is 7.82 Å². The summed E-state index contributed by atoms with van der Waals surface area (Å²) in [5.41, 5.74) is 0. The largest absolute Gasteiger partial charge is 0.756 e. The van der Waals surface area contributed by atoms with Crippen LogP contribution in [0.15, 0.2) is 0 Å². The molecular weight excluding hydrogens is 653 g/mol. The van der Waals surface area contributed by atoms with Crippen LogP contribution in [-0.2, 0) is 32.7 Å². The molecule has 0 heterocycles. The van der Waals surface area contributed by atoms with Gasteiger partial charge in [-0.15, -0.1) is 0 Å². The van der Waals surface area contributed by atoms with E-state index in [0.29, 0.717) is 17.4 Å². The molecule has 0 N–H and O–H groups in total. The van der Waals surface area contributed by atoms with Gasteiger partial charge in [-0.1, -0.05) is 168 Å². The lowest BCUT2D eigenvalue weighted by atomic mass is 10.0. The van der Waals surface area contributed by atoms with Gasteiger partial charge in [-0.2, -0.15) is 0 Å². The van der Waals surface area contributed by atoms with Gasteiger partial charge < -0.3 is 27.9 Å². The number of hydrogen-bond acceptors (Lipinski definition) is 8. The van der Waals surface area contributed by atoms with Crippen LogP contribution < -0.4 is 4.89 Å². The number of quaternary nitrogens is 1. The van der Waals surface area contributed by atoms with E-state index >= 15 is 0 Å². The molecule has 0 saturated heterocycles. The van der Waals surface area contributed by atoms with Gasteiger partial charge in [0.2, 0.25) is 0 Å². The van der Waals surface area contributed by atoms with Crippen molar-refractivity contribution in [2.45, 2.75) is 200 Å². The Kier molecular flexibility index (Phi) is 33.2. The number of carbonyl (C=O) groups is 2. The summed E-state index contributed by atoms with van der Waals surface area (Å²) in [7, 11) is 1.18. The summed E-state index contributed by atoms with van der Waals surface area (Å²) in [6.45, 7) is 4.24. The van der Waals surface area contributed by atoms with Gasteiger partial charge in [0.1, 0.15) is 19.8 Å². The Morgan fingerprint density at radius 1 is 0.540 bits per heavy atom. The SMILES string of the molecule is CCCCCCCCCCCCCCCCCC(=O)OCC(COP(=O)([O-])OCC[N+](C)(C)C)OC(=O)CCCCCCCCCCCCC. The molecule has 2 unspecified atom stereocenters. The van der Waals surface area contributed by atoms with Gasteiger partial charge in [-0.05, 0) is 12.8 Å². The molecule has 10 heteroatoms. The molecular formula is C40H80NO8P. The number of carbonyl (C=O) groups excluding carboxylic acids is 2. The van der Waals surface area contributed by atoms with Crippen LogP contribution in [0.5, 0.6) is 0 Å². The number of phosphoric ester groups is 1. The molecule has 50 heavy (non-hydrogen) atoms. The fraction of sp³-hybridized carbons (Fsp3) is 0.950.